The fourth-order valence-corrected chi connectivity index (χ4v) is 1.91. The van der Waals surface area contributed by atoms with Gasteiger partial charge in [0.25, 0.3) is 0 Å². The Hall–Kier alpha value is -1.81. The van der Waals surface area contributed by atoms with Crippen LogP contribution in [0.3, 0.4) is 0 Å². The molecular weight excluding hydrogens is 236 g/mol. The molecule has 4 heteroatoms. The van der Waals surface area contributed by atoms with Gasteiger partial charge in [0.15, 0.2) is 5.82 Å². The molecule has 0 aliphatic rings. The second kappa shape index (κ2) is 5.89. The minimum absolute atomic E-state index is 0.448. The van der Waals surface area contributed by atoms with Crippen molar-refractivity contribution < 1.29 is 0 Å². The SMILES string of the molecule is Cc1cc(-c2nccc(CNC(C)C)n2)cc(C)n1. The number of nitrogens with one attached hydrogen (secondary N) is 1. The first-order chi connectivity index (χ1) is 9.04. The Bertz CT molecular complexity index is 544. The first-order valence-electron chi connectivity index (χ1n) is 6.55. The molecule has 0 amide bonds. The topological polar surface area (TPSA) is 50.7 Å². The van der Waals surface area contributed by atoms with Gasteiger partial charge in [-0.15, -0.1) is 0 Å². The zero-order valence-electron chi connectivity index (χ0n) is 11.9. The van der Waals surface area contributed by atoms with Gasteiger partial charge in [-0.1, -0.05) is 13.8 Å². The molecule has 0 bridgehead atoms. The molecule has 4 nitrogen and oxygen atoms in total. The average molecular weight is 256 g/mol. The van der Waals surface area contributed by atoms with E-state index in [4.69, 9.17) is 0 Å². The molecule has 19 heavy (non-hydrogen) atoms. The third kappa shape index (κ3) is 3.83. The maximum absolute atomic E-state index is 4.60. The smallest absolute Gasteiger partial charge is 0.159 e. The summed E-state index contributed by atoms with van der Waals surface area (Å²) in [6.07, 6.45) is 1.81. The van der Waals surface area contributed by atoms with Gasteiger partial charge >= 0.3 is 0 Å². The molecule has 100 valence electrons. The summed E-state index contributed by atoms with van der Waals surface area (Å²) in [6.45, 7) is 8.98. The molecule has 0 fully saturated rings. The summed E-state index contributed by atoms with van der Waals surface area (Å²) in [6, 6.07) is 6.42. The average Bonchev–Trinajstić information content (AvgIpc) is 2.35. The van der Waals surface area contributed by atoms with Crippen LogP contribution in [0.5, 0.6) is 0 Å². The Labute approximate surface area is 114 Å². The number of aryl methyl sites for hydroxylation is 2. The maximum Gasteiger partial charge on any atom is 0.159 e. The van der Waals surface area contributed by atoms with Crippen LogP contribution in [-0.2, 0) is 6.54 Å². The van der Waals surface area contributed by atoms with E-state index in [0.717, 1.165) is 35.0 Å². The van der Waals surface area contributed by atoms with Crippen LogP contribution in [0, 0.1) is 13.8 Å². The lowest BCUT2D eigenvalue weighted by Crippen LogP contribution is -2.22. The van der Waals surface area contributed by atoms with E-state index in [1.807, 2.05) is 38.2 Å². The van der Waals surface area contributed by atoms with Crippen LogP contribution in [0.25, 0.3) is 11.4 Å². The summed E-state index contributed by atoms with van der Waals surface area (Å²) >= 11 is 0. The lowest BCUT2D eigenvalue weighted by Gasteiger charge is -2.09. The van der Waals surface area contributed by atoms with Gasteiger partial charge in [0.05, 0.1) is 5.69 Å². The van der Waals surface area contributed by atoms with E-state index in [1.165, 1.54) is 0 Å². The Morgan fingerprint density at radius 3 is 2.42 bits per heavy atom. The second-order valence-corrected chi connectivity index (χ2v) is 5.05. The highest BCUT2D eigenvalue weighted by molar-refractivity contribution is 5.55. The van der Waals surface area contributed by atoms with Crippen molar-refractivity contribution in [2.24, 2.45) is 0 Å². The molecule has 2 aromatic rings. The number of aromatic nitrogens is 3. The fraction of sp³-hybridized carbons (Fsp3) is 0.400. The predicted molar refractivity (Wildman–Crippen MR) is 76.7 cm³/mol. The molecule has 2 heterocycles. The van der Waals surface area contributed by atoms with Gasteiger partial charge in [-0.25, -0.2) is 9.97 Å². The van der Waals surface area contributed by atoms with Gasteiger partial charge in [0.1, 0.15) is 0 Å². The highest BCUT2D eigenvalue weighted by atomic mass is 14.9. The molecule has 0 unspecified atom stereocenters. The van der Waals surface area contributed by atoms with E-state index >= 15 is 0 Å². The van der Waals surface area contributed by atoms with Crippen molar-refractivity contribution in [3.8, 4) is 11.4 Å². The Balaban J connectivity index is 2.27. The van der Waals surface area contributed by atoms with Crippen LogP contribution in [0.1, 0.15) is 30.9 Å². The van der Waals surface area contributed by atoms with E-state index in [2.05, 4.69) is 34.1 Å². The summed E-state index contributed by atoms with van der Waals surface area (Å²) < 4.78 is 0. The molecule has 0 aliphatic heterocycles. The van der Waals surface area contributed by atoms with Gasteiger partial charge in [-0.2, -0.15) is 0 Å². The molecule has 0 saturated heterocycles. The van der Waals surface area contributed by atoms with Crippen LogP contribution in [0.4, 0.5) is 0 Å². The molecule has 0 radical (unpaired) electrons. The zero-order chi connectivity index (χ0) is 13.8. The van der Waals surface area contributed by atoms with Crippen molar-refractivity contribution in [3.63, 3.8) is 0 Å². The van der Waals surface area contributed by atoms with E-state index in [-0.39, 0.29) is 0 Å². The van der Waals surface area contributed by atoms with Gasteiger partial charge in [-0.3, -0.25) is 4.98 Å². The van der Waals surface area contributed by atoms with Gasteiger partial charge in [-0.05, 0) is 32.0 Å². The largest absolute Gasteiger partial charge is 0.309 e. The van der Waals surface area contributed by atoms with Gasteiger partial charge in [0.2, 0.25) is 0 Å². The first-order valence-corrected chi connectivity index (χ1v) is 6.55. The summed E-state index contributed by atoms with van der Waals surface area (Å²) in [5.41, 5.74) is 4.01. The Morgan fingerprint density at radius 2 is 1.79 bits per heavy atom. The first kappa shape index (κ1) is 13.6. The second-order valence-electron chi connectivity index (χ2n) is 5.05. The van der Waals surface area contributed by atoms with Gasteiger partial charge < -0.3 is 5.32 Å². The minimum Gasteiger partial charge on any atom is -0.309 e. The van der Waals surface area contributed by atoms with E-state index < -0.39 is 0 Å². The van der Waals surface area contributed by atoms with E-state index in [0.29, 0.717) is 6.04 Å². The van der Waals surface area contributed by atoms with E-state index in [9.17, 15) is 0 Å². The minimum atomic E-state index is 0.448. The van der Waals surface area contributed by atoms with Crippen LogP contribution in [-0.4, -0.2) is 21.0 Å². The summed E-state index contributed by atoms with van der Waals surface area (Å²) in [5, 5.41) is 3.36. The van der Waals surface area contributed by atoms with Crippen molar-refractivity contribution in [1.29, 1.82) is 0 Å². The highest BCUT2D eigenvalue weighted by Crippen LogP contribution is 2.16. The third-order valence-electron chi connectivity index (χ3n) is 2.74. The molecule has 0 spiro atoms. The molecule has 1 N–H and O–H groups in total. The lowest BCUT2D eigenvalue weighted by molar-refractivity contribution is 0.581. The number of pyridine rings is 1. The highest BCUT2D eigenvalue weighted by Gasteiger charge is 2.05. The third-order valence-corrected chi connectivity index (χ3v) is 2.74. The van der Waals surface area contributed by atoms with Crippen molar-refractivity contribution in [2.45, 2.75) is 40.3 Å². The zero-order valence-corrected chi connectivity index (χ0v) is 11.9. The van der Waals surface area contributed by atoms with Crippen LogP contribution in [0.15, 0.2) is 24.4 Å². The van der Waals surface area contributed by atoms with Crippen LogP contribution < -0.4 is 5.32 Å². The van der Waals surface area contributed by atoms with E-state index in [1.54, 1.807) is 0 Å². The number of nitrogens with zero attached hydrogens (tertiary/aromatic N) is 3. The molecule has 0 atom stereocenters. The van der Waals surface area contributed by atoms with Crippen molar-refractivity contribution >= 4 is 0 Å². The monoisotopic (exact) mass is 256 g/mol. The van der Waals surface area contributed by atoms with Crippen molar-refractivity contribution in [1.82, 2.24) is 20.3 Å². The maximum atomic E-state index is 4.60. The summed E-state index contributed by atoms with van der Waals surface area (Å²) in [7, 11) is 0. The molecule has 0 aliphatic carbocycles. The summed E-state index contributed by atoms with van der Waals surface area (Å²) in [5.74, 6) is 0.761. The van der Waals surface area contributed by atoms with Gasteiger partial charge in [0, 0.05) is 35.7 Å². The normalized spacial score (nSPS) is 11.0. The Morgan fingerprint density at radius 1 is 1.11 bits per heavy atom. The Kier molecular flexibility index (Phi) is 4.22. The molecular formula is C15H20N4. The standard InChI is InChI=1S/C15H20N4/c1-10(2)17-9-14-5-6-16-15(19-14)13-7-11(3)18-12(4)8-13/h5-8,10,17H,9H2,1-4H3. The number of hydrogen-bond donors (Lipinski definition) is 1. The molecule has 2 rings (SSSR count). The fourth-order valence-electron chi connectivity index (χ4n) is 1.91. The predicted octanol–water partition coefficient (Wildman–Crippen LogP) is 2.65. The van der Waals surface area contributed by atoms with Crippen LogP contribution >= 0.6 is 0 Å². The van der Waals surface area contributed by atoms with Crippen molar-refractivity contribution in [3.05, 3.63) is 41.5 Å². The number of rotatable bonds is 4. The van der Waals surface area contributed by atoms with Crippen LogP contribution in [0.2, 0.25) is 0 Å². The molecule has 0 saturated carbocycles. The quantitative estimate of drug-likeness (QED) is 0.913. The lowest BCUT2D eigenvalue weighted by atomic mass is 10.2. The molecule has 2 aromatic heterocycles. The molecule has 0 aromatic carbocycles. The number of hydrogen-bond acceptors (Lipinski definition) is 4. The summed E-state index contributed by atoms with van der Waals surface area (Å²) in [4.78, 5) is 13.3. The van der Waals surface area contributed by atoms with Crippen molar-refractivity contribution in [2.75, 3.05) is 0 Å².